The normalized spacial score (nSPS) is 21.5. The molecule has 3 heteroatoms. The summed E-state index contributed by atoms with van der Waals surface area (Å²) in [5.41, 5.74) is 4.52. The average molecular weight is 398 g/mol. The lowest BCUT2D eigenvalue weighted by atomic mass is 9.61. The summed E-state index contributed by atoms with van der Waals surface area (Å²) in [6.07, 6.45) is 2.88. The molecule has 0 aromatic heterocycles. The Balaban J connectivity index is 1.84. The number of carbonyl (C=O) groups excluding carboxylic acids is 1. The van der Waals surface area contributed by atoms with Crippen LogP contribution in [0.3, 0.4) is 0 Å². The van der Waals surface area contributed by atoms with Gasteiger partial charge in [0, 0.05) is 11.3 Å². The van der Waals surface area contributed by atoms with Crippen molar-refractivity contribution in [3.63, 3.8) is 0 Å². The van der Waals surface area contributed by atoms with E-state index in [-0.39, 0.29) is 16.4 Å². The standard InChI is InChI=1S/C26H23NOS/c28-24-18-22-23(29-24)16-17-27-25(22)26(19-10-4-1-5-11-19,20-12-6-2-7-13-20)21-14-8-3-9-15-21/h1-15,18,23,25,27H,16-17H2. The lowest BCUT2D eigenvalue weighted by Crippen LogP contribution is -2.55. The van der Waals surface area contributed by atoms with Crippen LogP contribution in [0.4, 0.5) is 0 Å². The van der Waals surface area contributed by atoms with E-state index in [9.17, 15) is 4.79 Å². The molecule has 0 spiro atoms. The Morgan fingerprint density at radius 2 is 1.24 bits per heavy atom. The number of hydrogen-bond donors (Lipinski definition) is 1. The van der Waals surface area contributed by atoms with E-state index in [0.717, 1.165) is 13.0 Å². The second-order valence-electron chi connectivity index (χ2n) is 7.65. The van der Waals surface area contributed by atoms with Crippen LogP contribution in [0.25, 0.3) is 0 Å². The topological polar surface area (TPSA) is 29.1 Å². The molecule has 29 heavy (non-hydrogen) atoms. The van der Waals surface area contributed by atoms with Gasteiger partial charge in [-0.25, -0.2) is 0 Å². The van der Waals surface area contributed by atoms with Gasteiger partial charge in [-0.15, -0.1) is 0 Å². The van der Waals surface area contributed by atoms with Crippen LogP contribution in [0.15, 0.2) is 103 Å². The predicted octanol–water partition coefficient (Wildman–Crippen LogP) is 4.95. The van der Waals surface area contributed by atoms with Crippen LogP contribution in [0.1, 0.15) is 23.1 Å². The van der Waals surface area contributed by atoms with E-state index in [4.69, 9.17) is 0 Å². The molecule has 2 nitrogen and oxygen atoms in total. The number of piperidine rings is 1. The summed E-state index contributed by atoms with van der Waals surface area (Å²) in [4.78, 5) is 12.4. The van der Waals surface area contributed by atoms with Crippen molar-refractivity contribution in [1.82, 2.24) is 5.32 Å². The molecule has 2 aliphatic rings. The fourth-order valence-corrected chi connectivity index (χ4v) is 6.01. The highest BCUT2D eigenvalue weighted by molar-refractivity contribution is 8.15. The smallest absolute Gasteiger partial charge is 0.212 e. The van der Waals surface area contributed by atoms with Crippen LogP contribution in [-0.4, -0.2) is 23.0 Å². The molecule has 1 saturated heterocycles. The molecule has 0 radical (unpaired) electrons. The highest BCUT2D eigenvalue weighted by atomic mass is 32.2. The Hall–Kier alpha value is -2.62. The lowest BCUT2D eigenvalue weighted by molar-refractivity contribution is -0.106. The first-order valence-corrected chi connectivity index (χ1v) is 11.0. The molecule has 0 amide bonds. The van der Waals surface area contributed by atoms with Gasteiger partial charge in [0.05, 0.1) is 5.41 Å². The Morgan fingerprint density at radius 1 is 0.759 bits per heavy atom. The maximum atomic E-state index is 12.4. The summed E-state index contributed by atoms with van der Waals surface area (Å²) in [6, 6.07) is 32.2. The van der Waals surface area contributed by atoms with Gasteiger partial charge in [-0.1, -0.05) is 103 Å². The van der Waals surface area contributed by atoms with Crippen molar-refractivity contribution in [2.45, 2.75) is 23.1 Å². The number of rotatable bonds is 4. The van der Waals surface area contributed by atoms with Crippen molar-refractivity contribution in [3.8, 4) is 0 Å². The van der Waals surface area contributed by atoms with Crippen molar-refractivity contribution < 1.29 is 4.79 Å². The van der Waals surface area contributed by atoms with E-state index in [2.05, 4.69) is 96.3 Å². The maximum absolute atomic E-state index is 12.4. The third-order valence-corrected chi connectivity index (χ3v) is 7.27. The second-order valence-corrected chi connectivity index (χ2v) is 8.86. The molecule has 2 atom stereocenters. The first-order chi connectivity index (χ1) is 14.3. The van der Waals surface area contributed by atoms with Gasteiger partial charge in [-0.2, -0.15) is 0 Å². The molecule has 0 bridgehead atoms. The van der Waals surface area contributed by atoms with Gasteiger partial charge >= 0.3 is 0 Å². The molecule has 0 saturated carbocycles. The molecule has 144 valence electrons. The summed E-state index contributed by atoms with van der Waals surface area (Å²) in [5, 5.41) is 4.26. The molecule has 3 aromatic carbocycles. The molecular weight excluding hydrogens is 374 g/mol. The van der Waals surface area contributed by atoms with Crippen LogP contribution in [-0.2, 0) is 10.2 Å². The third kappa shape index (κ3) is 3.06. The van der Waals surface area contributed by atoms with Crippen molar-refractivity contribution in [2.24, 2.45) is 0 Å². The van der Waals surface area contributed by atoms with Gasteiger partial charge in [0.25, 0.3) is 0 Å². The number of carbonyl (C=O) groups is 1. The van der Waals surface area contributed by atoms with E-state index in [1.54, 1.807) is 0 Å². The Labute approximate surface area is 176 Å². The second kappa shape index (κ2) is 7.66. The van der Waals surface area contributed by atoms with Crippen molar-refractivity contribution in [2.75, 3.05) is 6.54 Å². The molecular formula is C26H23NOS. The molecule has 3 aromatic rings. The quantitative estimate of drug-likeness (QED) is 0.632. The monoisotopic (exact) mass is 397 g/mol. The Kier molecular flexibility index (Phi) is 4.86. The van der Waals surface area contributed by atoms with Crippen LogP contribution >= 0.6 is 11.8 Å². The number of thioether (sulfide) groups is 1. The fourth-order valence-electron chi connectivity index (χ4n) is 4.95. The van der Waals surface area contributed by atoms with Gasteiger partial charge in [0.1, 0.15) is 0 Å². The molecule has 5 rings (SSSR count). The minimum atomic E-state index is -0.417. The van der Waals surface area contributed by atoms with Crippen LogP contribution in [0.5, 0.6) is 0 Å². The first kappa shape index (κ1) is 18.4. The number of benzene rings is 3. The first-order valence-electron chi connectivity index (χ1n) is 10.1. The summed E-state index contributed by atoms with van der Waals surface area (Å²) in [6.45, 7) is 0.904. The highest BCUT2D eigenvalue weighted by Gasteiger charge is 2.49. The van der Waals surface area contributed by atoms with Gasteiger partial charge in [-0.3, -0.25) is 4.79 Å². The Bertz CT molecular complexity index is 933. The van der Waals surface area contributed by atoms with Crippen LogP contribution in [0.2, 0.25) is 0 Å². The molecule has 0 aliphatic carbocycles. The summed E-state index contributed by atoms with van der Waals surface area (Å²) >= 11 is 1.48. The van der Waals surface area contributed by atoms with E-state index in [1.807, 2.05) is 6.08 Å². The fraction of sp³-hybridized carbons (Fsp3) is 0.192. The van der Waals surface area contributed by atoms with Crippen molar-refractivity contribution in [1.29, 1.82) is 0 Å². The SMILES string of the molecule is O=C1C=C2C(CCNC2C(c2ccccc2)(c2ccccc2)c2ccccc2)S1. The number of nitrogens with one attached hydrogen (secondary N) is 1. The zero-order valence-corrected chi connectivity index (χ0v) is 16.9. The van der Waals surface area contributed by atoms with Gasteiger partial charge < -0.3 is 5.32 Å². The molecule has 1 fully saturated rings. The zero-order chi connectivity index (χ0) is 19.7. The molecule has 2 aliphatic heterocycles. The average Bonchev–Trinajstić information content (AvgIpc) is 3.17. The van der Waals surface area contributed by atoms with E-state index >= 15 is 0 Å². The van der Waals surface area contributed by atoms with Gasteiger partial charge in [0.2, 0.25) is 5.12 Å². The maximum Gasteiger partial charge on any atom is 0.212 e. The number of fused-ring (bicyclic) bond motifs is 1. The molecule has 2 unspecified atom stereocenters. The summed E-state index contributed by atoms with van der Waals surface area (Å²) < 4.78 is 0. The zero-order valence-electron chi connectivity index (χ0n) is 16.1. The highest BCUT2D eigenvalue weighted by Crippen LogP contribution is 2.49. The minimum absolute atomic E-state index is 0.0207. The van der Waals surface area contributed by atoms with Gasteiger partial charge in [-0.05, 0) is 41.3 Å². The van der Waals surface area contributed by atoms with E-state index < -0.39 is 5.41 Å². The predicted molar refractivity (Wildman–Crippen MR) is 120 cm³/mol. The number of hydrogen-bond acceptors (Lipinski definition) is 3. The van der Waals surface area contributed by atoms with Crippen LogP contribution in [0, 0.1) is 0 Å². The molecule has 1 N–H and O–H groups in total. The minimum Gasteiger partial charge on any atom is -0.309 e. The molecule has 2 heterocycles. The summed E-state index contributed by atoms with van der Waals surface area (Å²) in [7, 11) is 0. The third-order valence-electron chi connectivity index (χ3n) is 6.12. The van der Waals surface area contributed by atoms with E-state index in [0.29, 0.717) is 0 Å². The Morgan fingerprint density at radius 3 is 1.72 bits per heavy atom. The lowest BCUT2D eigenvalue weighted by Gasteiger charge is -2.46. The van der Waals surface area contributed by atoms with Crippen LogP contribution < -0.4 is 5.32 Å². The van der Waals surface area contributed by atoms with Gasteiger partial charge in [0.15, 0.2) is 0 Å². The largest absolute Gasteiger partial charge is 0.309 e. The summed E-state index contributed by atoms with van der Waals surface area (Å²) in [5.74, 6) is 0. The van der Waals surface area contributed by atoms with E-state index in [1.165, 1.54) is 34.0 Å². The van der Waals surface area contributed by atoms with Crippen molar-refractivity contribution >= 4 is 16.9 Å². The van der Waals surface area contributed by atoms with Crippen molar-refractivity contribution in [3.05, 3.63) is 119 Å².